The average Bonchev–Trinajstić information content (AvgIpc) is 2.28. The Bertz CT molecular complexity index is 588. The van der Waals surface area contributed by atoms with Crippen LogP contribution in [-0.4, -0.2) is 26.2 Å². The molecule has 3 N–H and O–H groups in total. The van der Waals surface area contributed by atoms with Gasteiger partial charge in [-0.3, -0.25) is 0 Å². The zero-order chi connectivity index (χ0) is 15.6. The van der Waals surface area contributed by atoms with Crippen molar-refractivity contribution in [2.45, 2.75) is 17.3 Å². The first kappa shape index (κ1) is 17.1. The van der Waals surface area contributed by atoms with Gasteiger partial charge < -0.3 is 5.73 Å². The first-order chi connectivity index (χ1) is 9.03. The van der Waals surface area contributed by atoms with E-state index in [1.165, 1.54) is 6.92 Å². The van der Waals surface area contributed by atoms with Crippen LogP contribution in [0.4, 0.5) is 23.2 Å². The van der Waals surface area contributed by atoms with Gasteiger partial charge in [-0.1, -0.05) is 0 Å². The minimum absolute atomic E-state index is 0.0851. The van der Waals surface area contributed by atoms with Crippen LogP contribution in [0.2, 0.25) is 0 Å². The Morgan fingerprint density at radius 3 is 2.50 bits per heavy atom. The number of halogens is 4. The maximum atomic E-state index is 13.4. The molecule has 0 saturated heterocycles. The Morgan fingerprint density at radius 2 is 1.95 bits per heavy atom. The van der Waals surface area contributed by atoms with E-state index in [4.69, 9.17) is 5.73 Å². The number of rotatable bonds is 5. The summed E-state index contributed by atoms with van der Waals surface area (Å²) >= 11 is -0.346. The predicted molar refractivity (Wildman–Crippen MR) is 69.3 cm³/mol. The topological polar surface area (TPSA) is 72.2 Å². The normalized spacial score (nSPS) is 12.7. The lowest BCUT2D eigenvalue weighted by Gasteiger charge is -2.11. The van der Waals surface area contributed by atoms with Gasteiger partial charge in [0.2, 0.25) is 10.0 Å². The van der Waals surface area contributed by atoms with Gasteiger partial charge in [0, 0.05) is 23.5 Å². The number of alkyl halides is 3. The second-order valence-corrected chi connectivity index (χ2v) is 6.71. The van der Waals surface area contributed by atoms with Crippen LogP contribution in [0.15, 0.2) is 17.0 Å². The Kier molecular flexibility index (Phi) is 5.27. The van der Waals surface area contributed by atoms with E-state index in [0.717, 1.165) is 12.1 Å². The number of thioether (sulfide) groups is 1. The van der Waals surface area contributed by atoms with Crippen molar-refractivity contribution in [1.29, 1.82) is 0 Å². The highest BCUT2D eigenvalue weighted by Gasteiger charge is 2.28. The summed E-state index contributed by atoms with van der Waals surface area (Å²) in [4.78, 5) is -0.382. The molecule has 0 bridgehead atoms. The maximum absolute atomic E-state index is 13.4. The fourth-order valence-corrected chi connectivity index (χ4v) is 3.26. The van der Waals surface area contributed by atoms with Gasteiger partial charge in [-0.15, -0.1) is 0 Å². The molecule has 0 saturated carbocycles. The van der Waals surface area contributed by atoms with Crippen LogP contribution in [0.25, 0.3) is 0 Å². The molecule has 0 spiro atoms. The summed E-state index contributed by atoms with van der Waals surface area (Å²) in [6.45, 7) is 0.816. The quantitative estimate of drug-likeness (QED) is 0.493. The van der Waals surface area contributed by atoms with Crippen molar-refractivity contribution in [3.8, 4) is 0 Å². The number of hydrogen-bond acceptors (Lipinski definition) is 4. The molecule has 1 rings (SSSR count). The lowest BCUT2D eigenvalue weighted by molar-refractivity contribution is -0.0327. The Balaban J connectivity index is 2.80. The standard InChI is InChI=1S/C10H12F4N2O2S2/c1-6-8(11)4-7(15)5-9(6)20(17,18)16-2-3-19-10(12,13)14/h4-5,16H,2-3,15H2,1H3. The van der Waals surface area contributed by atoms with Crippen molar-refractivity contribution < 1.29 is 26.0 Å². The van der Waals surface area contributed by atoms with E-state index in [2.05, 4.69) is 0 Å². The molecule has 1 aromatic rings. The van der Waals surface area contributed by atoms with Crippen LogP contribution in [0.1, 0.15) is 5.56 Å². The van der Waals surface area contributed by atoms with Gasteiger partial charge in [0.05, 0.1) is 4.90 Å². The van der Waals surface area contributed by atoms with Gasteiger partial charge in [0.25, 0.3) is 0 Å². The molecular weight excluding hydrogens is 320 g/mol. The van der Waals surface area contributed by atoms with Crippen molar-refractivity contribution in [2.75, 3.05) is 18.0 Å². The third-order valence-electron chi connectivity index (χ3n) is 2.27. The van der Waals surface area contributed by atoms with E-state index in [-0.39, 0.29) is 27.9 Å². The minimum atomic E-state index is -4.43. The fraction of sp³-hybridized carbons (Fsp3) is 0.400. The van der Waals surface area contributed by atoms with Crippen LogP contribution in [0.3, 0.4) is 0 Å². The van der Waals surface area contributed by atoms with Crippen LogP contribution < -0.4 is 10.5 Å². The fourth-order valence-electron chi connectivity index (χ4n) is 1.37. The second kappa shape index (κ2) is 6.19. The molecule has 114 valence electrons. The molecule has 0 radical (unpaired) electrons. The zero-order valence-corrected chi connectivity index (χ0v) is 11.9. The van der Waals surface area contributed by atoms with Crippen LogP contribution in [0.5, 0.6) is 0 Å². The third-order valence-corrected chi connectivity index (χ3v) is 4.59. The second-order valence-electron chi connectivity index (χ2n) is 3.82. The van der Waals surface area contributed by atoms with E-state index >= 15 is 0 Å². The third kappa shape index (κ3) is 4.84. The number of hydrogen-bond donors (Lipinski definition) is 2. The number of sulfonamides is 1. The van der Waals surface area contributed by atoms with E-state index < -0.39 is 33.6 Å². The molecular formula is C10H12F4N2O2S2. The molecule has 4 nitrogen and oxygen atoms in total. The average molecular weight is 332 g/mol. The molecule has 0 heterocycles. The Morgan fingerprint density at radius 1 is 1.35 bits per heavy atom. The van der Waals surface area contributed by atoms with Crippen LogP contribution >= 0.6 is 11.8 Å². The van der Waals surface area contributed by atoms with Crippen molar-refractivity contribution in [3.05, 3.63) is 23.5 Å². The van der Waals surface area contributed by atoms with Gasteiger partial charge in [0.15, 0.2) is 0 Å². The Hall–Kier alpha value is -1.00. The molecule has 0 unspecified atom stereocenters. The first-order valence-corrected chi connectivity index (χ1v) is 7.76. The van der Waals surface area contributed by atoms with Gasteiger partial charge in [-0.25, -0.2) is 17.5 Å². The minimum Gasteiger partial charge on any atom is -0.399 e. The highest BCUT2D eigenvalue weighted by molar-refractivity contribution is 8.00. The summed E-state index contributed by atoms with van der Waals surface area (Å²) in [5, 5.41) is 0. The monoisotopic (exact) mass is 332 g/mol. The summed E-state index contributed by atoms with van der Waals surface area (Å²) in [6.07, 6.45) is 0. The SMILES string of the molecule is Cc1c(F)cc(N)cc1S(=O)(=O)NCCSC(F)(F)F. The summed E-state index contributed by atoms with van der Waals surface area (Å²) in [7, 11) is -4.10. The first-order valence-electron chi connectivity index (χ1n) is 5.29. The van der Waals surface area contributed by atoms with Crippen molar-refractivity contribution >= 4 is 27.5 Å². The number of benzene rings is 1. The molecule has 0 aliphatic heterocycles. The number of nitrogen functional groups attached to an aromatic ring is 1. The summed E-state index contributed by atoms with van der Waals surface area (Å²) in [5.41, 5.74) is 0.697. The highest BCUT2D eigenvalue weighted by atomic mass is 32.2. The molecule has 20 heavy (non-hydrogen) atoms. The largest absolute Gasteiger partial charge is 0.441 e. The van der Waals surface area contributed by atoms with Crippen LogP contribution in [0, 0.1) is 12.7 Å². The molecule has 1 aromatic carbocycles. The van der Waals surface area contributed by atoms with Gasteiger partial charge >= 0.3 is 5.51 Å². The van der Waals surface area contributed by atoms with Crippen molar-refractivity contribution in [2.24, 2.45) is 0 Å². The highest BCUT2D eigenvalue weighted by Crippen LogP contribution is 2.29. The molecule has 0 aliphatic rings. The lowest BCUT2D eigenvalue weighted by atomic mass is 10.2. The smallest absolute Gasteiger partial charge is 0.399 e. The Labute approximate surface area is 117 Å². The van der Waals surface area contributed by atoms with E-state index in [0.29, 0.717) is 0 Å². The van der Waals surface area contributed by atoms with Crippen molar-refractivity contribution in [1.82, 2.24) is 4.72 Å². The molecule has 0 aliphatic carbocycles. The van der Waals surface area contributed by atoms with Gasteiger partial charge in [0.1, 0.15) is 5.82 Å². The maximum Gasteiger partial charge on any atom is 0.441 e. The molecule has 0 amide bonds. The molecule has 0 aromatic heterocycles. The number of anilines is 1. The molecule has 10 heteroatoms. The van der Waals surface area contributed by atoms with Gasteiger partial charge in [-0.2, -0.15) is 13.2 Å². The van der Waals surface area contributed by atoms with E-state index in [9.17, 15) is 26.0 Å². The summed E-state index contributed by atoms with van der Waals surface area (Å²) in [6, 6.07) is 2.02. The van der Waals surface area contributed by atoms with Gasteiger partial charge in [-0.05, 0) is 30.8 Å². The number of nitrogens with two attached hydrogens (primary N) is 1. The van der Waals surface area contributed by atoms with Crippen molar-refractivity contribution in [3.63, 3.8) is 0 Å². The number of nitrogens with one attached hydrogen (secondary N) is 1. The predicted octanol–water partition coefficient (Wildman–Crippen LogP) is 2.25. The summed E-state index contributed by atoms with van der Waals surface area (Å²) in [5.74, 6) is -1.28. The van der Waals surface area contributed by atoms with E-state index in [1.807, 2.05) is 4.72 Å². The van der Waals surface area contributed by atoms with Crippen LogP contribution in [-0.2, 0) is 10.0 Å². The zero-order valence-electron chi connectivity index (χ0n) is 10.3. The molecule has 0 atom stereocenters. The summed E-state index contributed by atoms with van der Waals surface area (Å²) < 4.78 is 74.7. The lowest BCUT2D eigenvalue weighted by Crippen LogP contribution is -2.27. The molecule has 0 fully saturated rings. The van der Waals surface area contributed by atoms with E-state index in [1.54, 1.807) is 0 Å².